The Morgan fingerprint density at radius 3 is 0.700 bits per heavy atom. The molecule has 0 radical (unpaired) electrons. The highest BCUT2D eigenvalue weighted by Crippen LogP contribution is 2.56. The number of aromatic carboxylic acids is 8. The van der Waals surface area contributed by atoms with Crippen molar-refractivity contribution >= 4 is 47.8 Å². The molecule has 0 aliphatic rings. The van der Waals surface area contributed by atoms with E-state index >= 15 is 0 Å². The highest BCUT2D eigenvalue weighted by atomic mass is 19.4. The predicted molar refractivity (Wildman–Crippen MR) is 186 cm³/mol. The summed E-state index contributed by atoms with van der Waals surface area (Å²) in [6.07, 6.45) is -12.5. The lowest BCUT2D eigenvalue weighted by molar-refractivity contribution is -0.288. The van der Waals surface area contributed by atoms with Crippen LogP contribution in [0.4, 0.5) is 26.3 Å². The molecule has 0 unspecified atom stereocenters. The van der Waals surface area contributed by atoms with Crippen LogP contribution in [0.15, 0.2) is 72.8 Å². The molecule has 0 atom stereocenters. The summed E-state index contributed by atoms with van der Waals surface area (Å²) in [7, 11) is 0. The van der Waals surface area contributed by atoms with Gasteiger partial charge in [-0.1, -0.05) is 38.1 Å². The number of carboxylic acid groups (broad SMARTS) is 8. The molecule has 16 nitrogen and oxygen atoms in total. The Bertz CT molecular complexity index is 2310. The van der Waals surface area contributed by atoms with Gasteiger partial charge in [0, 0.05) is 5.41 Å². The van der Waals surface area contributed by atoms with Crippen LogP contribution in [0.1, 0.15) is 119 Å². The number of benzene rings is 4. The number of halogens is 6. The van der Waals surface area contributed by atoms with Gasteiger partial charge in [-0.15, -0.1) is 0 Å². The van der Waals surface area contributed by atoms with Crippen LogP contribution in [-0.4, -0.2) is 101 Å². The number of rotatable bonds is 12. The summed E-state index contributed by atoms with van der Waals surface area (Å²) in [5.74, 6) is -13.7. The summed E-state index contributed by atoms with van der Waals surface area (Å²) in [6, 6.07) is 8.09. The molecule has 0 aliphatic carbocycles. The van der Waals surface area contributed by atoms with Gasteiger partial charge in [-0.05, 0) is 70.8 Å². The maximum absolute atomic E-state index is 14.2. The van der Waals surface area contributed by atoms with Gasteiger partial charge in [-0.3, -0.25) is 0 Å². The third-order valence-electron chi connectivity index (χ3n) is 9.08. The number of carboxylic acids is 8. The fourth-order valence-corrected chi connectivity index (χ4v) is 6.02. The fourth-order valence-electron chi connectivity index (χ4n) is 6.02. The van der Waals surface area contributed by atoms with Gasteiger partial charge in [-0.25, -0.2) is 38.4 Å². The van der Waals surface area contributed by atoms with Gasteiger partial charge in [0.05, 0.1) is 44.5 Å². The Morgan fingerprint density at radius 1 is 0.333 bits per heavy atom. The van der Waals surface area contributed by atoms with Gasteiger partial charge >= 0.3 is 60.1 Å². The quantitative estimate of drug-likeness (QED) is 0.0688. The maximum Gasteiger partial charge on any atom is 0.411 e. The standard InChI is InChI=1S/C19H10F6O8.C19H16O8/c20-18(21,22)17(19(23,24)25,7-1-3-9(13(26)27)11(5-7)15(30)31)8-2-4-10(14(28)29)12(6-8)16(32)33;1-19(2,9-3-5-11(15(20)21)13(7-9)17(24)25)10-4-6-12(16(22)23)14(8-10)18(26)27/h1-6H,(H,26,27)(H,28,29)(H,30,31)(H,32,33);3-8H,1-2H3,(H,20,21)(H,22,23)(H,24,25)(H,26,27). The van der Waals surface area contributed by atoms with E-state index in [0.29, 0.717) is 11.1 Å². The second-order valence-electron chi connectivity index (χ2n) is 12.9. The number of hydrogen-bond donors (Lipinski definition) is 8. The first-order valence-electron chi connectivity index (χ1n) is 16.0. The van der Waals surface area contributed by atoms with Crippen molar-refractivity contribution in [3.63, 3.8) is 0 Å². The lowest BCUT2D eigenvalue weighted by atomic mass is 9.71. The minimum absolute atomic E-state index is 0.0996. The number of hydrogen-bond acceptors (Lipinski definition) is 8. The first kappa shape index (κ1) is 46.6. The molecule has 0 saturated carbocycles. The molecule has 0 bridgehead atoms. The van der Waals surface area contributed by atoms with E-state index in [1.807, 2.05) is 0 Å². The van der Waals surface area contributed by atoms with Crippen molar-refractivity contribution in [2.45, 2.75) is 37.0 Å². The van der Waals surface area contributed by atoms with E-state index in [1.54, 1.807) is 13.8 Å². The van der Waals surface area contributed by atoms with Crippen molar-refractivity contribution < 1.29 is 106 Å². The third-order valence-corrected chi connectivity index (χ3v) is 9.08. The van der Waals surface area contributed by atoms with Crippen molar-refractivity contribution in [1.29, 1.82) is 0 Å². The summed E-state index contributed by atoms with van der Waals surface area (Å²) >= 11 is 0. The van der Waals surface area contributed by atoms with Gasteiger partial charge in [0.1, 0.15) is 0 Å². The zero-order valence-electron chi connectivity index (χ0n) is 30.0. The molecule has 0 saturated heterocycles. The van der Waals surface area contributed by atoms with Crippen molar-refractivity contribution in [2.75, 3.05) is 0 Å². The second kappa shape index (κ2) is 16.6. The van der Waals surface area contributed by atoms with Crippen LogP contribution >= 0.6 is 0 Å². The van der Waals surface area contributed by atoms with Crippen LogP contribution in [0.5, 0.6) is 0 Å². The van der Waals surface area contributed by atoms with Gasteiger partial charge in [0.15, 0.2) is 0 Å². The highest BCUT2D eigenvalue weighted by molar-refractivity contribution is 6.04. The third kappa shape index (κ3) is 8.71. The molecular formula is C38H26F6O16. The summed E-state index contributed by atoms with van der Waals surface area (Å²) in [4.78, 5) is 90.1. The van der Waals surface area contributed by atoms with E-state index < -0.39 is 115 Å². The molecule has 4 aromatic rings. The van der Waals surface area contributed by atoms with Crippen molar-refractivity contribution in [3.05, 3.63) is 140 Å². The van der Waals surface area contributed by atoms with E-state index in [1.165, 1.54) is 36.4 Å². The topological polar surface area (TPSA) is 298 Å². The molecule has 4 rings (SSSR count). The molecule has 0 amide bonds. The summed E-state index contributed by atoms with van der Waals surface area (Å²) < 4.78 is 85.1. The van der Waals surface area contributed by atoms with Crippen LogP contribution in [0.3, 0.4) is 0 Å². The summed E-state index contributed by atoms with van der Waals surface area (Å²) in [5.41, 5.74) is -15.1. The minimum atomic E-state index is -6.27. The molecule has 8 N–H and O–H groups in total. The van der Waals surface area contributed by atoms with E-state index in [9.17, 15) is 74.9 Å². The predicted octanol–water partition coefficient (Wildman–Crippen LogP) is 6.70. The van der Waals surface area contributed by atoms with Crippen LogP contribution in [-0.2, 0) is 10.8 Å². The minimum Gasteiger partial charge on any atom is -0.478 e. The zero-order chi connectivity index (χ0) is 46.0. The second-order valence-corrected chi connectivity index (χ2v) is 12.9. The van der Waals surface area contributed by atoms with Gasteiger partial charge in [-0.2, -0.15) is 26.3 Å². The Kier molecular flexibility index (Phi) is 12.9. The Hall–Kier alpha value is -7.78. The SMILES string of the molecule is CC(C)(c1ccc(C(=O)O)c(C(=O)O)c1)c1ccc(C(=O)O)c(C(=O)O)c1.O=C(O)c1ccc(C(c2ccc(C(=O)O)c(C(=O)O)c2)(C(F)(F)F)C(F)(F)F)cc1C(=O)O. The largest absolute Gasteiger partial charge is 0.478 e. The molecule has 60 heavy (non-hydrogen) atoms. The van der Waals surface area contributed by atoms with E-state index in [4.69, 9.17) is 30.6 Å². The van der Waals surface area contributed by atoms with Crippen LogP contribution in [0, 0.1) is 0 Å². The molecule has 0 fully saturated rings. The Morgan fingerprint density at radius 2 is 0.517 bits per heavy atom. The van der Waals surface area contributed by atoms with Gasteiger partial charge in [0.25, 0.3) is 0 Å². The molecule has 22 heteroatoms. The van der Waals surface area contributed by atoms with Crippen LogP contribution in [0.25, 0.3) is 0 Å². The van der Waals surface area contributed by atoms with Gasteiger partial charge in [0.2, 0.25) is 5.41 Å². The molecule has 4 aromatic carbocycles. The smallest absolute Gasteiger partial charge is 0.411 e. The number of alkyl halides is 6. The monoisotopic (exact) mass is 852 g/mol. The van der Waals surface area contributed by atoms with Crippen LogP contribution < -0.4 is 0 Å². The molecule has 0 aliphatic heterocycles. The molecule has 0 spiro atoms. The number of carbonyl (C=O) groups is 8. The van der Waals surface area contributed by atoms with Crippen molar-refractivity contribution in [3.8, 4) is 0 Å². The normalized spacial score (nSPS) is 11.7. The fraction of sp³-hybridized carbons (Fsp3) is 0.158. The summed E-state index contributed by atoms with van der Waals surface area (Å²) in [6.45, 7) is 3.38. The zero-order valence-corrected chi connectivity index (χ0v) is 30.0. The first-order chi connectivity index (χ1) is 27.4. The molecule has 0 heterocycles. The van der Waals surface area contributed by atoms with Crippen LogP contribution in [0.2, 0.25) is 0 Å². The maximum atomic E-state index is 14.2. The van der Waals surface area contributed by atoms with E-state index in [0.717, 1.165) is 0 Å². The lowest BCUT2D eigenvalue weighted by Crippen LogP contribution is -2.55. The molecule has 0 aromatic heterocycles. The van der Waals surface area contributed by atoms with E-state index in [-0.39, 0.29) is 47.5 Å². The Balaban J connectivity index is 0.000000327. The average molecular weight is 853 g/mol. The highest BCUT2D eigenvalue weighted by Gasteiger charge is 2.72. The lowest BCUT2D eigenvalue weighted by Gasteiger charge is -2.38. The average Bonchev–Trinajstić information content (AvgIpc) is 3.13. The van der Waals surface area contributed by atoms with Crippen molar-refractivity contribution in [1.82, 2.24) is 0 Å². The molecule has 316 valence electrons. The van der Waals surface area contributed by atoms with Gasteiger partial charge < -0.3 is 40.9 Å². The first-order valence-corrected chi connectivity index (χ1v) is 16.0. The van der Waals surface area contributed by atoms with E-state index in [2.05, 4.69) is 0 Å². The van der Waals surface area contributed by atoms with Crippen molar-refractivity contribution in [2.24, 2.45) is 0 Å². The Labute approximate surface area is 329 Å². The molecular weight excluding hydrogens is 826 g/mol. The summed E-state index contributed by atoms with van der Waals surface area (Å²) in [5, 5.41) is 73.1.